The van der Waals surface area contributed by atoms with Crippen molar-refractivity contribution in [3.63, 3.8) is 0 Å². The summed E-state index contributed by atoms with van der Waals surface area (Å²) in [5.74, 6) is 0.595. The Morgan fingerprint density at radius 1 is 1.19 bits per heavy atom. The maximum atomic E-state index is 9.71. The number of ether oxygens (including phenoxy) is 1. The first-order valence-electron chi connectivity index (χ1n) is 8.23. The van der Waals surface area contributed by atoms with Crippen molar-refractivity contribution in [3.8, 4) is 11.8 Å². The zero-order valence-corrected chi connectivity index (χ0v) is 15.4. The molecule has 0 aliphatic rings. The third-order valence-corrected chi connectivity index (χ3v) is 4.58. The van der Waals surface area contributed by atoms with Crippen LogP contribution in [0.25, 0.3) is 10.9 Å². The topological polar surface area (TPSA) is 98.4 Å². The number of pyridine rings is 1. The molecule has 1 aromatic heterocycles. The Bertz CT molecular complexity index is 1030. The summed E-state index contributed by atoms with van der Waals surface area (Å²) < 4.78 is 5.16. The van der Waals surface area contributed by atoms with Gasteiger partial charge in [0.2, 0.25) is 0 Å². The van der Waals surface area contributed by atoms with Gasteiger partial charge in [-0.15, -0.1) is 0 Å². The molecule has 2 aromatic carbocycles. The van der Waals surface area contributed by atoms with Crippen molar-refractivity contribution in [2.24, 2.45) is 0 Å². The predicted molar refractivity (Wildman–Crippen MR) is 104 cm³/mol. The number of aliphatic hydroxyl groups is 2. The Labute approximate surface area is 161 Å². The van der Waals surface area contributed by atoms with E-state index in [0.29, 0.717) is 50.6 Å². The lowest BCUT2D eigenvalue weighted by Gasteiger charge is -2.16. The number of hydrogen-bond acceptors (Lipinski definition) is 6. The number of methoxy groups -OCH3 is 1. The van der Waals surface area contributed by atoms with Crippen LogP contribution in [0.1, 0.15) is 22.3 Å². The SMILES string of the molecule is COc1ccc(CNc2c(CO)cnc3c(CO)cc(C#N)cc23)cc1Cl. The molecule has 0 saturated heterocycles. The van der Waals surface area contributed by atoms with E-state index in [4.69, 9.17) is 16.3 Å². The van der Waals surface area contributed by atoms with Gasteiger partial charge in [-0.2, -0.15) is 5.26 Å². The van der Waals surface area contributed by atoms with Crippen molar-refractivity contribution >= 4 is 28.2 Å². The summed E-state index contributed by atoms with van der Waals surface area (Å²) in [7, 11) is 1.56. The highest BCUT2D eigenvalue weighted by Gasteiger charge is 2.13. The van der Waals surface area contributed by atoms with Gasteiger partial charge in [0.1, 0.15) is 5.75 Å². The van der Waals surface area contributed by atoms with Crippen molar-refractivity contribution in [1.29, 1.82) is 5.26 Å². The first kappa shape index (κ1) is 18.9. The average Bonchev–Trinajstić information content (AvgIpc) is 2.70. The van der Waals surface area contributed by atoms with Crippen LogP contribution in [0.15, 0.2) is 36.5 Å². The largest absolute Gasteiger partial charge is 0.495 e. The number of nitrogens with zero attached hydrogens (tertiary/aromatic N) is 2. The van der Waals surface area contributed by atoms with Gasteiger partial charge in [0.15, 0.2) is 0 Å². The fraction of sp³-hybridized carbons (Fsp3) is 0.200. The van der Waals surface area contributed by atoms with Gasteiger partial charge in [-0.25, -0.2) is 0 Å². The zero-order chi connectivity index (χ0) is 19.4. The van der Waals surface area contributed by atoms with Gasteiger partial charge >= 0.3 is 0 Å². The number of benzene rings is 2. The smallest absolute Gasteiger partial charge is 0.137 e. The maximum Gasteiger partial charge on any atom is 0.137 e. The minimum atomic E-state index is -0.231. The monoisotopic (exact) mass is 383 g/mol. The molecule has 0 saturated carbocycles. The number of fused-ring (bicyclic) bond motifs is 1. The number of anilines is 1. The Kier molecular flexibility index (Phi) is 5.77. The molecule has 3 rings (SSSR count). The van der Waals surface area contributed by atoms with E-state index >= 15 is 0 Å². The lowest BCUT2D eigenvalue weighted by molar-refractivity contribution is 0.281. The minimum Gasteiger partial charge on any atom is -0.495 e. The van der Waals surface area contributed by atoms with E-state index < -0.39 is 0 Å². The molecule has 0 spiro atoms. The molecule has 138 valence electrons. The van der Waals surface area contributed by atoms with Crippen molar-refractivity contribution in [2.45, 2.75) is 19.8 Å². The third-order valence-electron chi connectivity index (χ3n) is 4.28. The highest BCUT2D eigenvalue weighted by molar-refractivity contribution is 6.32. The Morgan fingerprint density at radius 3 is 2.59 bits per heavy atom. The summed E-state index contributed by atoms with van der Waals surface area (Å²) >= 11 is 6.18. The van der Waals surface area contributed by atoms with E-state index in [1.165, 1.54) is 0 Å². The molecule has 0 bridgehead atoms. The van der Waals surface area contributed by atoms with E-state index in [9.17, 15) is 15.5 Å². The third kappa shape index (κ3) is 3.81. The number of aliphatic hydroxyl groups excluding tert-OH is 2. The zero-order valence-electron chi connectivity index (χ0n) is 14.7. The van der Waals surface area contributed by atoms with E-state index in [2.05, 4.69) is 16.4 Å². The molecule has 27 heavy (non-hydrogen) atoms. The van der Waals surface area contributed by atoms with Gasteiger partial charge in [-0.05, 0) is 29.8 Å². The number of nitriles is 1. The summed E-state index contributed by atoms with van der Waals surface area (Å²) in [4.78, 5) is 4.34. The van der Waals surface area contributed by atoms with E-state index in [1.54, 1.807) is 37.6 Å². The van der Waals surface area contributed by atoms with Gasteiger partial charge in [-0.1, -0.05) is 17.7 Å². The Hall–Kier alpha value is -2.85. The van der Waals surface area contributed by atoms with Crippen LogP contribution in [0.4, 0.5) is 5.69 Å². The summed E-state index contributed by atoms with van der Waals surface area (Å²) in [5, 5.41) is 33.1. The predicted octanol–water partition coefficient (Wildman–Crippen LogP) is 3.37. The molecule has 6 nitrogen and oxygen atoms in total. The van der Waals surface area contributed by atoms with E-state index in [-0.39, 0.29) is 13.2 Å². The van der Waals surface area contributed by atoms with Crippen molar-refractivity contribution in [3.05, 3.63) is 63.8 Å². The molecule has 3 N–H and O–H groups in total. The second-order valence-electron chi connectivity index (χ2n) is 5.94. The van der Waals surface area contributed by atoms with Crippen LogP contribution in [0.3, 0.4) is 0 Å². The molecule has 0 aliphatic heterocycles. The van der Waals surface area contributed by atoms with Crippen molar-refractivity contribution < 1.29 is 14.9 Å². The summed E-state index contributed by atoms with van der Waals surface area (Å²) in [6, 6.07) is 10.9. The van der Waals surface area contributed by atoms with Crippen LogP contribution < -0.4 is 10.1 Å². The van der Waals surface area contributed by atoms with Gasteiger partial charge in [-0.3, -0.25) is 4.98 Å². The molecular weight excluding hydrogens is 366 g/mol. The van der Waals surface area contributed by atoms with E-state index in [1.807, 2.05) is 6.07 Å². The van der Waals surface area contributed by atoms with Crippen molar-refractivity contribution in [1.82, 2.24) is 4.98 Å². The van der Waals surface area contributed by atoms with Gasteiger partial charge in [0.25, 0.3) is 0 Å². The molecule has 1 heterocycles. The van der Waals surface area contributed by atoms with Crippen molar-refractivity contribution in [2.75, 3.05) is 12.4 Å². The van der Waals surface area contributed by atoms with Gasteiger partial charge in [0.05, 0.1) is 48.2 Å². The normalized spacial score (nSPS) is 10.6. The van der Waals surface area contributed by atoms with Crippen LogP contribution in [0.5, 0.6) is 5.75 Å². The lowest BCUT2D eigenvalue weighted by atomic mass is 10.0. The molecular formula is C20H18ClN3O3. The molecule has 0 radical (unpaired) electrons. The Morgan fingerprint density at radius 2 is 1.96 bits per heavy atom. The first-order valence-corrected chi connectivity index (χ1v) is 8.61. The first-order chi connectivity index (χ1) is 13.1. The van der Waals surface area contributed by atoms with Crippen LogP contribution in [-0.2, 0) is 19.8 Å². The van der Waals surface area contributed by atoms with Gasteiger partial charge < -0.3 is 20.3 Å². The number of nitrogens with one attached hydrogen (secondary N) is 1. The molecule has 0 amide bonds. The number of rotatable bonds is 6. The number of hydrogen-bond donors (Lipinski definition) is 3. The van der Waals surface area contributed by atoms with E-state index in [0.717, 1.165) is 5.56 Å². The quantitative estimate of drug-likeness (QED) is 0.603. The number of halogens is 1. The molecule has 0 aliphatic carbocycles. The highest BCUT2D eigenvalue weighted by atomic mass is 35.5. The summed E-state index contributed by atoms with van der Waals surface area (Å²) in [5.41, 5.74) is 3.75. The van der Waals surface area contributed by atoms with Crippen LogP contribution in [0.2, 0.25) is 5.02 Å². The molecule has 3 aromatic rings. The standard InChI is InChI=1S/C20H18ClN3O3/c1-27-18-3-2-12(6-17(18)21)8-23-20-15(11-26)9-24-19-14(10-25)4-13(7-22)5-16(19)20/h2-6,9,25-26H,8,10-11H2,1H3,(H,23,24). The highest BCUT2D eigenvalue weighted by Crippen LogP contribution is 2.31. The van der Waals surface area contributed by atoms with Crippen LogP contribution in [-0.4, -0.2) is 22.3 Å². The Balaban J connectivity index is 2.04. The van der Waals surface area contributed by atoms with Crippen LogP contribution >= 0.6 is 11.6 Å². The summed E-state index contributed by atoms with van der Waals surface area (Å²) in [6.07, 6.45) is 1.57. The summed E-state index contributed by atoms with van der Waals surface area (Å²) in [6.45, 7) is 0.00592. The van der Waals surface area contributed by atoms with Crippen LogP contribution in [0, 0.1) is 11.3 Å². The molecule has 0 unspecified atom stereocenters. The molecule has 7 heteroatoms. The maximum absolute atomic E-state index is 9.71. The lowest BCUT2D eigenvalue weighted by Crippen LogP contribution is -2.05. The second kappa shape index (κ2) is 8.23. The second-order valence-corrected chi connectivity index (χ2v) is 6.35. The van der Waals surface area contributed by atoms with Gasteiger partial charge in [0, 0.05) is 29.3 Å². The fourth-order valence-electron chi connectivity index (χ4n) is 2.94. The fourth-order valence-corrected chi connectivity index (χ4v) is 3.22. The number of aromatic nitrogens is 1. The molecule has 0 fully saturated rings. The average molecular weight is 384 g/mol. The molecule has 0 atom stereocenters. The minimum absolute atomic E-state index is 0.208.